The number of aliphatic hydroxyl groups excluding tert-OH is 1. The molecule has 17 nitrogen and oxygen atoms in total. The second-order valence-electron chi connectivity index (χ2n) is 21.0. The van der Waals surface area contributed by atoms with Crippen molar-refractivity contribution in [2.24, 2.45) is 17.1 Å². The molecule has 1 aromatic heterocycles. The van der Waals surface area contributed by atoms with E-state index in [4.69, 9.17) is 16.6 Å². The Balaban J connectivity index is 2.03. The molecule has 0 aliphatic heterocycles. The van der Waals surface area contributed by atoms with E-state index in [1.54, 1.807) is 72.2 Å². The van der Waals surface area contributed by atoms with E-state index in [1.165, 1.54) is 11.8 Å². The molecule has 19 heteroatoms. The Morgan fingerprint density at radius 3 is 2.00 bits per heavy atom. The first-order chi connectivity index (χ1) is 33.3. The summed E-state index contributed by atoms with van der Waals surface area (Å²) in [5.74, 6) is -7.15. The number of benzene rings is 2. The molecule has 1 heterocycles. The molecule has 0 bridgehead atoms. The third kappa shape index (κ3) is 19.1. The number of hydrogen-bond acceptors (Lipinski definition) is 11. The van der Waals surface area contributed by atoms with Crippen molar-refractivity contribution in [1.82, 2.24) is 30.7 Å². The standard InChI is InChI=1S/C52H75F2N7O10/c1-31(2)44(55)48(68)57-32(3)46(66)59-38(47(67)56-24-22-41(63)58-39(49(69)71-52(10,11)12)20-21-43(65)70-51(7,8)9)23-25-61(42(64)30-62)45(50(4,5)6)40-26-34(36-27-35(53)18-19-37(36)54)29-60(40)28-33-16-14-13-15-17-33/h13-19,26-27,29,31-32,38-39,44-45,62H,20-25,28,30,55H2,1-12H3,(H,56,67)(H,57,68)(H,58,63)(H,59,66)/t32-,38-,39-,44-,45-/m0/s1/i/hD. The number of hydrogen-bond donors (Lipinski definition) is 6. The zero-order chi connectivity index (χ0) is 54.5. The van der Waals surface area contributed by atoms with Crippen LogP contribution >= 0.6 is 0 Å². The lowest BCUT2D eigenvalue weighted by molar-refractivity contribution is -0.160. The van der Waals surface area contributed by atoms with E-state index in [2.05, 4.69) is 16.0 Å². The van der Waals surface area contributed by atoms with Gasteiger partial charge in [0.15, 0.2) is 1.41 Å². The fraction of sp³-hybridized carbons (Fsp3) is 0.558. The van der Waals surface area contributed by atoms with Crippen LogP contribution in [0.3, 0.4) is 0 Å². The minimum absolute atomic E-state index is 0.0370. The number of nitrogens with zero attached hydrogens (tertiary/aromatic N) is 2. The Morgan fingerprint density at radius 1 is 0.789 bits per heavy atom. The largest absolute Gasteiger partial charge is 0.460 e. The summed E-state index contributed by atoms with van der Waals surface area (Å²) in [4.78, 5) is 95.4. The van der Waals surface area contributed by atoms with E-state index in [0.29, 0.717) is 16.6 Å². The van der Waals surface area contributed by atoms with Crippen molar-refractivity contribution < 1.29 is 58.3 Å². The maximum Gasteiger partial charge on any atom is 0.329 e. The van der Waals surface area contributed by atoms with Crippen molar-refractivity contribution in [3.8, 4) is 11.1 Å². The summed E-state index contributed by atoms with van der Waals surface area (Å²) in [6.07, 6.45) is 0.328. The number of aromatic nitrogens is 1. The van der Waals surface area contributed by atoms with Crippen LogP contribution in [0.15, 0.2) is 60.8 Å². The Kier molecular flexibility index (Phi) is 20.8. The Bertz CT molecular complexity index is 2360. The summed E-state index contributed by atoms with van der Waals surface area (Å²) in [7, 11) is 0. The van der Waals surface area contributed by atoms with Gasteiger partial charge in [-0.15, -0.1) is 0 Å². The molecule has 0 saturated carbocycles. The molecule has 0 saturated heterocycles. The highest BCUT2D eigenvalue weighted by Crippen LogP contribution is 2.41. The Labute approximate surface area is 417 Å². The van der Waals surface area contributed by atoms with Crippen LogP contribution in [-0.2, 0) is 49.6 Å². The van der Waals surface area contributed by atoms with Gasteiger partial charge in [0.05, 0.1) is 12.1 Å². The molecule has 0 unspecified atom stereocenters. The molecule has 3 aromatic rings. The van der Waals surface area contributed by atoms with Crippen molar-refractivity contribution in [1.29, 1.82) is 0 Å². The van der Waals surface area contributed by atoms with Crippen molar-refractivity contribution in [3.05, 3.63) is 83.7 Å². The molecule has 7 N–H and O–H groups in total. The molecular formula is C52H75F2N7O10. The molecule has 5 atom stereocenters. The first-order valence-electron chi connectivity index (χ1n) is 24.3. The molecule has 392 valence electrons. The number of rotatable bonds is 23. The fourth-order valence-electron chi connectivity index (χ4n) is 7.52. The van der Waals surface area contributed by atoms with Crippen molar-refractivity contribution in [2.75, 3.05) is 19.7 Å². The molecule has 0 spiro atoms. The lowest BCUT2D eigenvalue weighted by Crippen LogP contribution is -2.56. The maximum atomic E-state index is 15.4. The molecule has 71 heavy (non-hydrogen) atoms. The molecule has 0 fully saturated rings. The minimum Gasteiger partial charge on any atom is -0.460 e. The minimum atomic E-state index is -1.58. The zero-order valence-electron chi connectivity index (χ0n) is 44.2. The molecule has 0 aliphatic rings. The highest BCUT2D eigenvalue weighted by atomic mass is 19.1. The van der Waals surface area contributed by atoms with E-state index < -0.39 is 120 Å². The van der Waals surface area contributed by atoms with Crippen LogP contribution in [0.5, 0.6) is 0 Å². The molecule has 5 amide bonds. The topological polar surface area (TPSA) is 240 Å². The quantitative estimate of drug-likeness (QED) is 0.0675. The smallest absolute Gasteiger partial charge is 0.329 e. The molecule has 0 aliphatic carbocycles. The van der Waals surface area contributed by atoms with E-state index in [0.717, 1.165) is 23.8 Å². The first-order valence-corrected chi connectivity index (χ1v) is 23.8. The van der Waals surface area contributed by atoms with Gasteiger partial charge in [-0.05, 0) is 102 Å². The van der Waals surface area contributed by atoms with Crippen molar-refractivity contribution >= 4 is 41.5 Å². The van der Waals surface area contributed by atoms with Crippen molar-refractivity contribution in [3.63, 3.8) is 0 Å². The normalized spacial score (nSPS) is 14.2. The summed E-state index contributed by atoms with van der Waals surface area (Å²) in [5, 5.41) is 18.5. The van der Waals surface area contributed by atoms with Gasteiger partial charge in [0.1, 0.15) is 47.6 Å². The van der Waals surface area contributed by atoms with Gasteiger partial charge in [-0.1, -0.05) is 65.0 Å². The predicted octanol–water partition coefficient (Wildman–Crippen LogP) is 5.21. The van der Waals surface area contributed by atoms with Gasteiger partial charge < -0.3 is 51.0 Å². The van der Waals surface area contributed by atoms with Gasteiger partial charge in [-0.2, -0.15) is 0 Å². The number of nitrogens with two attached hydrogens (primary N) is 1. The van der Waals surface area contributed by atoms with E-state index in [-0.39, 0.29) is 43.8 Å². The maximum absolute atomic E-state index is 15.4. The average Bonchev–Trinajstić information content (AvgIpc) is 3.67. The second-order valence-corrected chi connectivity index (χ2v) is 21.0. The van der Waals surface area contributed by atoms with Gasteiger partial charge in [0.25, 0.3) is 0 Å². The highest BCUT2D eigenvalue weighted by molar-refractivity contribution is 5.93. The number of carbonyl (C=O) groups excluding carboxylic acids is 7. The summed E-state index contributed by atoms with van der Waals surface area (Å²) in [6.45, 7) is 18.6. The first kappa shape index (κ1) is 57.4. The van der Waals surface area contributed by atoms with Gasteiger partial charge in [0, 0.05) is 55.5 Å². The second kappa shape index (κ2) is 25.8. The lowest BCUT2D eigenvalue weighted by atomic mass is 9.82. The number of esters is 2. The van der Waals surface area contributed by atoms with E-state index in [1.807, 2.05) is 51.1 Å². The number of aliphatic hydroxyl groups is 1. The lowest BCUT2D eigenvalue weighted by Gasteiger charge is -2.41. The van der Waals surface area contributed by atoms with Crippen LogP contribution in [0.4, 0.5) is 8.78 Å². The number of halogens is 2. The molecule has 3 rings (SSSR count). The van der Waals surface area contributed by atoms with E-state index >= 15 is 4.39 Å². The van der Waals surface area contributed by atoms with Crippen LogP contribution in [0, 0.1) is 23.0 Å². The number of carbonyl (C=O) groups is 7. The molecule has 0 radical (unpaired) electrons. The summed E-state index contributed by atoms with van der Waals surface area (Å²) in [5.41, 5.74) is 4.96. The monoisotopic (exact) mass is 997 g/mol. The Hall–Kier alpha value is -6.21. The van der Waals surface area contributed by atoms with Gasteiger partial charge in [-0.25, -0.2) is 13.6 Å². The Morgan fingerprint density at radius 2 is 1.42 bits per heavy atom. The van der Waals surface area contributed by atoms with Gasteiger partial charge in [-0.3, -0.25) is 28.8 Å². The van der Waals surface area contributed by atoms with Crippen LogP contribution in [0.1, 0.15) is 126 Å². The third-order valence-electron chi connectivity index (χ3n) is 11.0. The summed E-state index contributed by atoms with van der Waals surface area (Å²) < 4.78 is 51.4. The predicted molar refractivity (Wildman–Crippen MR) is 264 cm³/mol. The molecular weight excluding hydrogens is 921 g/mol. The van der Waals surface area contributed by atoms with E-state index in [9.17, 15) is 43.1 Å². The van der Waals surface area contributed by atoms with Crippen LogP contribution in [0.2, 0.25) is 1.41 Å². The number of ether oxygens (including phenoxy) is 2. The highest BCUT2D eigenvalue weighted by Gasteiger charge is 2.38. The van der Waals surface area contributed by atoms with Crippen LogP contribution in [0.25, 0.3) is 11.1 Å². The average molecular weight is 997 g/mol. The third-order valence-corrected chi connectivity index (χ3v) is 11.0. The fourth-order valence-corrected chi connectivity index (χ4v) is 7.52. The summed E-state index contributed by atoms with van der Waals surface area (Å²) >= 11 is 0. The molecule has 2 aromatic carbocycles. The van der Waals surface area contributed by atoms with Crippen LogP contribution in [-0.4, -0.2) is 111 Å². The van der Waals surface area contributed by atoms with Crippen LogP contribution < -0.4 is 27.0 Å². The summed E-state index contributed by atoms with van der Waals surface area (Å²) in [6, 6.07) is 7.93. The van der Waals surface area contributed by atoms with Gasteiger partial charge >= 0.3 is 11.9 Å². The SMILES string of the molecule is [2H]N(CCC(=O)N[C@@H](CCC(=O)OC(C)(C)C)C(=O)OC(C)(C)C)C(=O)[C@H](CCN(C(=O)CO)[C@@H](c1cc(-c2cc(F)ccc2F)cn1Cc1ccccc1)C(C)(C)C)NC(=O)[C@H](C)NC(=O)[C@@H](N)C(C)C. The van der Waals surface area contributed by atoms with Gasteiger partial charge in [0.2, 0.25) is 29.5 Å². The van der Waals surface area contributed by atoms with Crippen molar-refractivity contribution in [2.45, 2.75) is 157 Å². The number of nitrogens with one attached hydrogen (secondary N) is 4. The zero-order valence-corrected chi connectivity index (χ0v) is 43.2. The number of amides is 5.